The van der Waals surface area contributed by atoms with Gasteiger partial charge in [0.05, 0.1) is 23.3 Å². The lowest BCUT2D eigenvalue weighted by Crippen LogP contribution is -2.52. The second kappa shape index (κ2) is 11.3. The van der Waals surface area contributed by atoms with Crippen LogP contribution in [-0.4, -0.2) is 77.8 Å². The van der Waals surface area contributed by atoms with Crippen LogP contribution in [0.4, 0.5) is 13.2 Å². The van der Waals surface area contributed by atoms with E-state index < -0.39 is 49.9 Å². The molecule has 1 aromatic heterocycles. The zero-order valence-corrected chi connectivity index (χ0v) is 22.9. The van der Waals surface area contributed by atoms with Crippen molar-refractivity contribution in [2.24, 2.45) is 0 Å². The summed E-state index contributed by atoms with van der Waals surface area (Å²) in [6, 6.07) is 4.68. The number of rotatable bonds is 10. The van der Waals surface area contributed by atoms with Gasteiger partial charge in [-0.05, 0) is 37.5 Å². The minimum Gasteiger partial charge on any atom is -0.379 e. The normalized spacial score (nSPS) is 16.1. The van der Waals surface area contributed by atoms with Crippen molar-refractivity contribution in [3.8, 4) is 11.1 Å². The Bertz CT molecular complexity index is 1620. The van der Waals surface area contributed by atoms with Gasteiger partial charge in [-0.2, -0.15) is 0 Å². The molecular weight excluding hydrogens is 553 g/mol. The molecule has 0 radical (unpaired) electrons. The van der Waals surface area contributed by atoms with E-state index in [-0.39, 0.29) is 46.7 Å². The first-order valence-corrected chi connectivity index (χ1v) is 14.2. The van der Waals surface area contributed by atoms with Gasteiger partial charge in [-0.1, -0.05) is 12.1 Å². The quantitative estimate of drug-likeness (QED) is 0.275. The number of fused-ring (bicyclic) bond motifs is 1. The maximum absolute atomic E-state index is 15.1. The number of carbonyl (C=O) groups is 1. The third-order valence-corrected chi connectivity index (χ3v) is 9.58. The summed E-state index contributed by atoms with van der Waals surface area (Å²) < 4.78 is 73.6. The first-order valence-electron chi connectivity index (χ1n) is 12.4. The summed E-state index contributed by atoms with van der Waals surface area (Å²) in [4.78, 5) is 31.2. The Hall–Kier alpha value is -3.33. The second-order valence-corrected chi connectivity index (χ2v) is 12.5. The third-order valence-electron chi connectivity index (χ3n) is 7.55. The predicted octanol–water partition coefficient (Wildman–Crippen LogP) is 2.05. The lowest BCUT2D eigenvalue weighted by atomic mass is 9.99. The second-order valence-electron chi connectivity index (χ2n) is 10.1. The number of hydrogen-bond donors (Lipinski definition) is 2. The molecule has 1 fully saturated rings. The Morgan fingerprint density at radius 2 is 1.88 bits per heavy atom. The van der Waals surface area contributed by atoms with Crippen LogP contribution >= 0.6 is 0 Å². The van der Waals surface area contributed by atoms with Gasteiger partial charge in [0.2, 0.25) is 0 Å². The highest BCUT2D eigenvalue weighted by molar-refractivity contribution is 7.92. The zero-order valence-electron chi connectivity index (χ0n) is 22.1. The molecule has 3 aromatic rings. The molecule has 2 heterocycles. The highest BCUT2D eigenvalue weighted by atomic mass is 32.2. The van der Waals surface area contributed by atoms with Crippen molar-refractivity contribution in [1.82, 2.24) is 19.9 Å². The van der Waals surface area contributed by atoms with E-state index in [0.717, 1.165) is 36.2 Å². The number of ether oxygens (including phenoxy) is 1. The van der Waals surface area contributed by atoms with Crippen molar-refractivity contribution in [1.29, 1.82) is 0 Å². The summed E-state index contributed by atoms with van der Waals surface area (Å²) in [6.07, 6.45) is 1.90. The first kappa shape index (κ1) is 29.6. The number of aryl methyl sites for hydroxylation is 1. The van der Waals surface area contributed by atoms with E-state index in [1.807, 2.05) is 4.90 Å². The minimum absolute atomic E-state index is 0.00555. The van der Waals surface area contributed by atoms with Crippen LogP contribution in [0.2, 0.25) is 0 Å². The molecule has 216 valence electrons. The van der Waals surface area contributed by atoms with Crippen LogP contribution in [0.5, 0.6) is 0 Å². The van der Waals surface area contributed by atoms with Crippen LogP contribution in [0.3, 0.4) is 0 Å². The van der Waals surface area contributed by atoms with Crippen molar-refractivity contribution < 1.29 is 36.3 Å². The summed E-state index contributed by atoms with van der Waals surface area (Å²) in [6.45, 7) is 2.74. The third kappa shape index (κ3) is 5.48. The number of hydroxylamine groups is 1. The Morgan fingerprint density at radius 3 is 2.50 bits per heavy atom. The summed E-state index contributed by atoms with van der Waals surface area (Å²) in [5.41, 5.74) is 0.135. The van der Waals surface area contributed by atoms with Crippen molar-refractivity contribution in [3.05, 3.63) is 64.0 Å². The van der Waals surface area contributed by atoms with Crippen LogP contribution in [0, 0.1) is 17.5 Å². The van der Waals surface area contributed by atoms with Gasteiger partial charge in [0, 0.05) is 50.7 Å². The summed E-state index contributed by atoms with van der Waals surface area (Å²) in [7, 11) is -2.39. The molecule has 4 rings (SSSR count). The fourth-order valence-corrected chi connectivity index (χ4v) is 5.43. The van der Waals surface area contributed by atoms with Gasteiger partial charge in [0.1, 0.15) is 5.82 Å². The Kier molecular flexibility index (Phi) is 8.36. The maximum atomic E-state index is 15.1. The van der Waals surface area contributed by atoms with Crippen molar-refractivity contribution in [3.63, 3.8) is 0 Å². The highest BCUT2D eigenvalue weighted by Gasteiger charge is 2.43. The topological polar surface area (TPSA) is 131 Å². The molecule has 2 aromatic carbocycles. The number of hydrogen-bond acceptors (Lipinski definition) is 8. The molecule has 1 atom stereocenters. The van der Waals surface area contributed by atoms with E-state index in [1.165, 1.54) is 17.6 Å². The number of amides is 1. The van der Waals surface area contributed by atoms with Gasteiger partial charge in [-0.3, -0.25) is 24.3 Å². The van der Waals surface area contributed by atoms with Gasteiger partial charge < -0.3 is 4.74 Å². The molecule has 14 heteroatoms. The Labute approximate surface area is 228 Å². The van der Waals surface area contributed by atoms with Crippen LogP contribution < -0.4 is 11.0 Å². The van der Waals surface area contributed by atoms with Crippen molar-refractivity contribution >= 4 is 26.6 Å². The summed E-state index contributed by atoms with van der Waals surface area (Å²) in [5, 5.41) is 8.78. The SMILES string of the molecule is COC1CN(CCc2ccc(-c3cc4ncn(CC[C@](C)(C(=O)NO)S(C)(=O)=O)c(=O)c4cc3F)c(F)c2F)C1. The molecule has 1 aliphatic rings. The Morgan fingerprint density at radius 1 is 1.18 bits per heavy atom. The number of halogens is 3. The largest absolute Gasteiger partial charge is 0.379 e. The predicted molar refractivity (Wildman–Crippen MR) is 140 cm³/mol. The molecule has 0 aliphatic carbocycles. The van der Waals surface area contributed by atoms with Crippen molar-refractivity contribution in [2.75, 3.05) is 33.0 Å². The molecule has 1 saturated heterocycles. The number of carbonyl (C=O) groups excluding carboxylic acids is 1. The molecule has 10 nitrogen and oxygen atoms in total. The van der Waals surface area contributed by atoms with E-state index in [1.54, 1.807) is 7.11 Å². The van der Waals surface area contributed by atoms with Crippen LogP contribution in [0.25, 0.3) is 22.0 Å². The number of aromatic nitrogens is 2. The first-order chi connectivity index (χ1) is 18.8. The molecule has 40 heavy (non-hydrogen) atoms. The van der Waals surface area contributed by atoms with Gasteiger partial charge in [0.15, 0.2) is 26.2 Å². The molecule has 1 amide bonds. The minimum atomic E-state index is -4.01. The number of likely N-dealkylation sites (tertiary alicyclic amines) is 1. The smallest absolute Gasteiger partial charge is 0.264 e. The molecule has 1 aliphatic heterocycles. The van der Waals surface area contributed by atoms with Crippen molar-refractivity contribution in [2.45, 2.75) is 37.2 Å². The van der Waals surface area contributed by atoms with E-state index in [4.69, 9.17) is 9.94 Å². The Balaban J connectivity index is 1.60. The fourth-order valence-electron chi connectivity index (χ4n) is 4.59. The molecular formula is C26H29F3N4O6S. The van der Waals surface area contributed by atoms with Crippen LogP contribution in [0.1, 0.15) is 18.9 Å². The van der Waals surface area contributed by atoms with E-state index in [0.29, 0.717) is 19.6 Å². The van der Waals surface area contributed by atoms with E-state index >= 15 is 8.78 Å². The fraction of sp³-hybridized carbons (Fsp3) is 0.423. The number of sulfone groups is 1. The lowest BCUT2D eigenvalue weighted by molar-refractivity contribution is -0.131. The molecule has 2 N–H and O–H groups in total. The van der Waals surface area contributed by atoms with Gasteiger partial charge in [-0.15, -0.1) is 0 Å². The number of nitrogens with one attached hydrogen (secondary N) is 1. The van der Waals surface area contributed by atoms with Crippen LogP contribution in [0.15, 0.2) is 35.4 Å². The average molecular weight is 583 g/mol. The number of benzene rings is 2. The zero-order chi connectivity index (χ0) is 29.4. The lowest BCUT2D eigenvalue weighted by Gasteiger charge is -2.38. The summed E-state index contributed by atoms with van der Waals surface area (Å²) >= 11 is 0. The average Bonchev–Trinajstić information content (AvgIpc) is 2.88. The standard InChI is InChI=1S/C26H29F3N4O6S/c1-26(25(35)31-36,40(3,37)38)7-9-33-14-30-21-11-18(20(27)10-19(21)24(33)34)17-5-4-15(22(28)23(17)29)6-8-32-12-16(13-32)39-2/h4-5,10-11,14,16,36H,6-9,12-13H2,1-3H3,(H,31,35)/t26-/m1/s1. The van der Waals surface area contributed by atoms with E-state index in [2.05, 4.69) is 4.98 Å². The highest BCUT2D eigenvalue weighted by Crippen LogP contribution is 2.31. The molecule has 0 saturated carbocycles. The van der Waals surface area contributed by atoms with Crippen LogP contribution in [-0.2, 0) is 32.3 Å². The van der Waals surface area contributed by atoms with Gasteiger partial charge in [-0.25, -0.2) is 32.1 Å². The number of nitrogens with zero attached hydrogens (tertiary/aromatic N) is 3. The van der Waals surface area contributed by atoms with Gasteiger partial charge in [0.25, 0.3) is 11.5 Å². The number of methoxy groups -OCH3 is 1. The van der Waals surface area contributed by atoms with E-state index in [9.17, 15) is 22.4 Å². The molecule has 0 spiro atoms. The monoisotopic (exact) mass is 582 g/mol. The maximum Gasteiger partial charge on any atom is 0.264 e. The van der Waals surface area contributed by atoms with Gasteiger partial charge >= 0.3 is 0 Å². The molecule has 0 bridgehead atoms. The summed E-state index contributed by atoms with van der Waals surface area (Å²) in [5.74, 6) is -4.45. The molecule has 0 unspecified atom stereocenters.